The number of rotatable bonds is 5. The summed E-state index contributed by atoms with van der Waals surface area (Å²) in [6.45, 7) is 5.72. The van der Waals surface area contributed by atoms with Crippen molar-refractivity contribution >= 4 is 9.05 Å². The molecule has 0 saturated carbocycles. The van der Waals surface area contributed by atoms with Crippen molar-refractivity contribution < 1.29 is 23.2 Å². The van der Waals surface area contributed by atoms with Crippen molar-refractivity contribution in [1.29, 1.82) is 0 Å². The first-order chi connectivity index (χ1) is 6.45. The molecule has 0 fully saturated rings. The van der Waals surface area contributed by atoms with Crippen LogP contribution in [-0.4, -0.2) is 46.9 Å². The molecule has 0 heterocycles. The van der Waals surface area contributed by atoms with Gasteiger partial charge in [-0.25, -0.2) is 0 Å². The molecule has 0 aromatic rings. The molecule has 0 spiro atoms. The second kappa shape index (κ2) is 9.32. The number of aliphatic hydroxyl groups is 1. The van der Waals surface area contributed by atoms with E-state index in [1.807, 2.05) is 6.92 Å². The highest BCUT2D eigenvalue weighted by atomic mass is 28.4. The zero-order valence-corrected chi connectivity index (χ0v) is 10.2. The highest BCUT2D eigenvalue weighted by Crippen LogP contribution is 1.97. The van der Waals surface area contributed by atoms with Crippen molar-refractivity contribution in [2.45, 2.75) is 13.3 Å². The monoisotopic (exact) mass is 224 g/mol. The predicted octanol–water partition coefficient (Wildman–Crippen LogP) is 0.298. The van der Waals surface area contributed by atoms with Crippen LogP contribution in [0.5, 0.6) is 0 Å². The van der Waals surface area contributed by atoms with E-state index < -0.39 is 9.05 Å². The van der Waals surface area contributed by atoms with Gasteiger partial charge >= 0.3 is 9.05 Å². The Kier molecular flexibility index (Phi) is 10.8. The Morgan fingerprint density at radius 3 is 1.57 bits per heavy atom. The summed E-state index contributed by atoms with van der Waals surface area (Å²) in [6.07, 6.45) is 0.736. The van der Waals surface area contributed by atoms with Crippen LogP contribution in [0.2, 0.25) is 0 Å². The predicted molar refractivity (Wildman–Crippen MR) is 55.5 cm³/mol. The first-order valence-electron chi connectivity index (χ1n) is 4.08. The van der Waals surface area contributed by atoms with E-state index in [1.54, 1.807) is 0 Å². The van der Waals surface area contributed by atoms with E-state index in [4.69, 9.17) is 9.90 Å². The maximum atomic E-state index is 8.91. The average molecular weight is 224 g/mol. The zero-order chi connectivity index (χ0) is 11.6. The minimum atomic E-state index is -3.17. The summed E-state index contributed by atoms with van der Waals surface area (Å²) in [6, 6.07) is 0. The summed E-state index contributed by atoms with van der Waals surface area (Å²) in [5, 5.41) is 8.18. The van der Waals surface area contributed by atoms with Crippen LogP contribution in [0, 0.1) is 0 Å². The molecule has 0 atom stereocenters. The summed E-state index contributed by atoms with van der Waals surface area (Å²) in [7, 11) is 0.826. The molecule has 6 heteroatoms. The largest absolute Gasteiger partial charge is 0.676 e. The van der Waals surface area contributed by atoms with Crippen LogP contribution in [0.3, 0.4) is 0 Å². The SMILES string of the molecule is C=C(C)CCO.CO[Si](O)(OC)OC. The average Bonchev–Trinajstić information content (AvgIpc) is 2.17. The molecule has 5 nitrogen and oxygen atoms in total. The van der Waals surface area contributed by atoms with Crippen LogP contribution in [0.1, 0.15) is 13.3 Å². The van der Waals surface area contributed by atoms with Crippen LogP contribution in [0.25, 0.3) is 0 Å². The van der Waals surface area contributed by atoms with E-state index in [9.17, 15) is 0 Å². The fraction of sp³-hybridized carbons (Fsp3) is 0.750. The Hall–Kier alpha value is -0.243. The lowest BCUT2D eigenvalue weighted by Gasteiger charge is -2.14. The second-order valence-electron chi connectivity index (χ2n) is 2.57. The molecule has 2 N–H and O–H groups in total. The van der Waals surface area contributed by atoms with Crippen molar-refractivity contribution in [1.82, 2.24) is 0 Å². The molecule has 0 aliphatic heterocycles. The van der Waals surface area contributed by atoms with Gasteiger partial charge in [-0.2, -0.15) is 0 Å². The topological polar surface area (TPSA) is 68.2 Å². The van der Waals surface area contributed by atoms with Gasteiger partial charge in [0.05, 0.1) is 0 Å². The molecule has 0 aromatic carbocycles. The van der Waals surface area contributed by atoms with Gasteiger partial charge in [0, 0.05) is 27.9 Å². The van der Waals surface area contributed by atoms with E-state index in [-0.39, 0.29) is 6.61 Å². The lowest BCUT2D eigenvalue weighted by molar-refractivity contribution is 0.0418. The summed E-state index contributed by atoms with van der Waals surface area (Å²) >= 11 is 0. The molecule has 0 rings (SSSR count). The van der Waals surface area contributed by atoms with E-state index in [0.29, 0.717) is 0 Å². The van der Waals surface area contributed by atoms with E-state index in [1.165, 1.54) is 21.3 Å². The number of aliphatic hydroxyl groups excluding tert-OH is 1. The lowest BCUT2D eigenvalue weighted by Crippen LogP contribution is -2.42. The van der Waals surface area contributed by atoms with Gasteiger partial charge in [0.25, 0.3) is 0 Å². The van der Waals surface area contributed by atoms with Gasteiger partial charge in [-0.05, 0) is 13.3 Å². The summed E-state index contributed by atoms with van der Waals surface area (Å²) < 4.78 is 13.5. The normalized spacial score (nSPS) is 10.4. The van der Waals surface area contributed by atoms with Crippen molar-refractivity contribution in [3.05, 3.63) is 12.2 Å². The lowest BCUT2D eigenvalue weighted by atomic mass is 10.3. The second-order valence-corrected chi connectivity index (χ2v) is 4.84. The van der Waals surface area contributed by atoms with Crippen LogP contribution < -0.4 is 0 Å². The van der Waals surface area contributed by atoms with Crippen LogP contribution in [-0.2, 0) is 13.3 Å². The smallest absolute Gasteiger partial charge is 0.396 e. The van der Waals surface area contributed by atoms with Gasteiger partial charge in [-0.3, -0.25) is 0 Å². The van der Waals surface area contributed by atoms with Gasteiger partial charge in [0.2, 0.25) is 0 Å². The minimum absolute atomic E-state index is 0.231. The van der Waals surface area contributed by atoms with E-state index in [2.05, 4.69) is 19.9 Å². The van der Waals surface area contributed by atoms with E-state index >= 15 is 0 Å². The van der Waals surface area contributed by atoms with E-state index in [0.717, 1.165) is 12.0 Å². The van der Waals surface area contributed by atoms with Crippen molar-refractivity contribution in [3.63, 3.8) is 0 Å². The molecular weight excluding hydrogens is 204 g/mol. The maximum absolute atomic E-state index is 8.91. The number of hydrogen-bond acceptors (Lipinski definition) is 5. The van der Waals surface area contributed by atoms with Crippen molar-refractivity contribution in [3.8, 4) is 0 Å². The molecule has 0 saturated heterocycles. The van der Waals surface area contributed by atoms with Gasteiger partial charge in [-0.15, -0.1) is 6.58 Å². The quantitative estimate of drug-likeness (QED) is 0.519. The summed E-state index contributed by atoms with van der Waals surface area (Å²) in [5.74, 6) is 0. The molecular formula is C8H20O5Si. The van der Waals surface area contributed by atoms with Gasteiger partial charge < -0.3 is 23.2 Å². The Bertz CT molecular complexity index is 138. The van der Waals surface area contributed by atoms with Gasteiger partial charge in [0.1, 0.15) is 0 Å². The molecule has 86 valence electrons. The molecule has 0 amide bonds. The van der Waals surface area contributed by atoms with Crippen LogP contribution in [0.15, 0.2) is 12.2 Å². The Labute approximate surface area is 86.4 Å². The molecule has 14 heavy (non-hydrogen) atoms. The molecule has 0 aliphatic carbocycles. The minimum Gasteiger partial charge on any atom is -0.396 e. The Morgan fingerprint density at radius 1 is 1.21 bits per heavy atom. The standard InChI is InChI=1S/C5H10O.C3H10O4Si/c1-5(2)3-4-6;1-5-8(4,6-2)7-3/h6H,1,3-4H2,2H3;4H,1-3H3. The molecule has 0 radical (unpaired) electrons. The summed E-state index contributed by atoms with van der Waals surface area (Å²) in [4.78, 5) is 8.91. The van der Waals surface area contributed by atoms with Crippen LogP contribution in [0.4, 0.5) is 0 Å². The van der Waals surface area contributed by atoms with Crippen LogP contribution >= 0.6 is 0 Å². The first-order valence-corrected chi connectivity index (χ1v) is 5.76. The zero-order valence-electron chi connectivity index (χ0n) is 9.24. The fourth-order valence-electron chi connectivity index (χ4n) is 0.441. The third-order valence-corrected chi connectivity index (χ3v) is 2.86. The maximum Gasteiger partial charge on any atom is 0.676 e. The molecule has 0 aliphatic rings. The molecule has 0 aromatic heterocycles. The highest BCUT2D eigenvalue weighted by molar-refractivity contribution is 6.51. The first kappa shape index (κ1) is 16.2. The fourth-order valence-corrected chi connectivity index (χ4v) is 0.941. The molecule has 0 bridgehead atoms. The third kappa shape index (κ3) is 9.84. The van der Waals surface area contributed by atoms with Gasteiger partial charge in [0.15, 0.2) is 0 Å². The number of hydrogen-bond donors (Lipinski definition) is 2. The molecule has 0 unspecified atom stereocenters. The highest BCUT2D eigenvalue weighted by Gasteiger charge is 2.36. The van der Waals surface area contributed by atoms with Crippen molar-refractivity contribution in [2.75, 3.05) is 27.9 Å². The Balaban J connectivity index is 0. The summed E-state index contributed by atoms with van der Waals surface area (Å²) in [5.41, 5.74) is 1.04. The van der Waals surface area contributed by atoms with Gasteiger partial charge in [-0.1, -0.05) is 5.57 Å². The van der Waals surface area contributed by atoms with Crippen molar-refractivity contribution in [2.24, 2.45) is 0 Å². The Morgan fingerprint density at radius 2 is 1.57 bits per heavy atom. The third-order valence-electron chi connectivity index (χ3n) is 1.31.